The highest BCUT2D eigenvalue weighted by Crippen LogP contribution is 2.37. The Morgan fingerprint density at radius 3 is 2.50 bits per heavy atom. The van der Waals surface area contributed by atoms with Crippen molar-refractivity contribution in [2.75, 3.05) is 5.32 Å². The summed E-state index contributed by atoms with van der Waals surface area (Å²) in [6.07, 6.45) is -3.04. The summed E-state index contributed by atoms with van der Waals surface area (Å²) in [6, 6.07) is 4.77. The SMILES string of the molecule is Cc1cc(NC(=O)C(C#N)=C(O)C2CC2)ccc1C(F)(F)F. The second-order valence-electron chi connectivity index (χ2n) is 5.13. The molecule has 0 aromatic heterocycles. The molecule has 22 heavy (non-hydrogen) atoms. The fraction of sp³-hybridized carbons (Fsp3) is 0.333. The smallest absolute Gasteiger partial charge is 0.416 e. The number of carbonyl (C=O) groups is 1. The highest BCUT2D eigenvalue weighted by Gasteiger charge is 2.33. The molecular weight excluding hydrogens is 297 g/mol. The molecule has 0 saturated heterocycles. The zero-order valence-electron chi connectivity index (χ0n) is 11.7. The summed E-state index contributed by atoms with van der Waals surface area (Å²) in [5, 5.41) is 21.0. The summed E-state index contributed by atoms with van der Waals surface area (Å²) in [5.74, 6) is -1.26. The van der Waals surface area contributed by atoms with Gasteiger partial charge in [0.1, 0.15) is 11.8 Å². The first-order valence-corrected chi connectivity index (χ1v) is 6.56. The van der Waals surface area contributed by atoms with Crippen molar-refractivity contribution in [3.8, 4) is 6.07 Å². The van der Waals surface area contributed by atoms with E-state index in [-0.39, 0.29) is 22.9 Å². The predicted octanol–water partition coefficient (Wildman–Crippen LogP) is 3.70. The molecule has 2 N–H and O–H groups in total. The molecule has 0 spiro atoms. The van der Waals surface area contributed by atoms with Crippen LogP contribution in [0.4, 0.5) is 18.9 Å². The van der Waals surface area contributed by atoms with Gasteiger partial charge in [0.15, 0.2) is 5.57 Å². The lowest BCUT2D eigenvalue weighted by Crippen LogP contribution is -2.16. The van der Waals surface area contributed by atoms with Gasteiger partial charge in [-0.2, -0.15) is 18.4 Å². The molecule has 1 aromatic rings. The number of anilines is 1. The van der Waals surface area contributed by atoms with E-state index in [0.29, 0.717) is 12.8 Å². The zero-order valence-corrected chi connectivity index (χ0v) is 11.7. The molecule has 0 atom stereocenters. The second kappa shape index (κ2) is 5.72. The number of allylic oxidation sites excluding steroid dienone is 1. The number of aryl methyl sites for hydroxylation is 1. The molecule has 0 heterocycles. The van der Waals surface area contributed by atoms with Crippen LogP contribution in [0.1, 0.15) is 24.0 Å². The minimum absolute atomic E-state index is 0.0424. The summed E-state index contributed by atoms with van der Waals surface area (Å²) in [4.78, 5) is 11.9. The van der Waals surface area contributed by atoms with Crippen molar-refractivity contribution >= 4 is 11.6 Å². The van der Waals surface area contributed by atoms with Crippen molar-refractivity contribution in [1.82, 2.24) is 0 Å². The maximum absolute atomic E-state index is 12.7. The standard InChI is InChI=1S/C15H13F3N2O2/c1-8-6-10(4-5-12(8)15(16,17)18)20-14(22)11(7-19)13(21)9-2-3-9/h4-6,9,21H,2-3H2,1H3,(H,20,22). The largest absolute Gasteiger partial charge is 0.510 e. The Balaban J connectivity index is 2.21. The molecule has 1 saturated carbocycles. The lowest BCUT2D eigenvalue weighted by atomic mass is 10.1. The number of carbonyl (C=O) groups excluding carboxylic acids is 1. The Morgan fingerprint density at radius 1 is 1.41 bits per heavy atom. The van der Waals surface area contributed by atoms with Gasteiger partial charge in [-0.3, -0.25) is 4.79 Å². The van der Waals surface area contributed by atoms with Crippen LogP contribution in [-0.4, -0.2) is 11.0 Å². The van der Waals surface area contributed by atoms with Crippen molar-refractivity contribution in [2.45, 2.75) is 25.9 Å². The first-order chi connectivity index (χ1) is 10.2. The van der Waals surface area contributed by atoms with Crippen LogP contribution in [0.3, 0.4) is 0 Å². The molecule has 0 radical (unpaired) electrons. The molecule has 2 rings (SSSR count). The number of benzene rings is 1. The third kappa shape index (κ3) is 3.39. The Kier molecular flexibility index (Phi) is 4.13. The molecule has 1 amide bonds. The lowest BCUT2D eigenvalue weighted by Gasteiger charge is -2.12. The van der Waals surface area contributed by atoms with Crippen molar-refractivity contribution in [1.29, 1.82) is 5.26 Å². The fourth-order valence-corrected chi connectivity index (χ4v) is 2.04. The van der Waals surface area contributed by atoms with E-state index in [1.807, 2.05) is 0 Å². The van der Waals surface area contributed by atoms with E-state index in [9.17, 15) is 23.1 Å². The zero-order chi connectivity index (χ0) is 16.5. The molecule has 1 aliphatic rings. The highest BCUT2D eigenvalue weighted by molar-refractivity contribution is 6.07. The number of alkyl halides is 3. The molecule has 0 aliphatic heterocycles. The summed E-state index contributed by atoms with van der Waals surface area (Å²) in [7, 11) is 0. The number of aliphatic hydroxyl groups excluding tert-OH is 1. The van der Waals surface area contributed by atoms with Crippen LogP contribution in [0.25, 0.3) is 0 Å². The van der Waals surface area contributed by atoms with E-state index in [0.717, 1.165) is 12.1 Å². The van der Waals surface area contributed by atoms with Crippen LogP contribution in [0.5, 0.6) is 0 Å². The third-order valence-corrected chi connectivity index (χ3v) is 3.35. The van der Waals surface area contributed by atoms with E-state index in [2.05, 4.69) is 5.32 Å². The fourth-order valence-electron chi connectivity index (χ4n) is 2.04. The number of amides is 1. The molecule has 7 heteroatoms. The van der Waals surface area contributed by atoms with Gasteiger partial charge in [-0.25, -0.2) is 0 Å². The van der Waals surface area contributed by atoms with Crippen LogP contribution in [0, 0.1) is 24.2 Å². The minimum Gasteiger partial charge on any atom is -0.510 e. The van der Waals surface area contributed by atoms with Crippen LogP contribution in [0.15, 0.2) is 29.5 Å². The normalized spacial score (nSPS) is 15.8. The van der Waals surface area contributed by atoms with E-state index >= 15 is 0 Å². The minimum atomic E-state index is -4.46. The molecule has 116 valence electrons. The van der Waals surface area contributed by atoms with E-state index in [4.69, 9.17) is 5.26 Å². The highest BCUT2D eigenvalue weighted by atomic mass is 19.4. The first kappa shape index (κ1) is 15.9. The van der Waals surface area contributed by atoms with E-state index < -0.39 is 23.2 Å². The maximum atomic E-state index is 12.7. The van der Waals surface area contributed by atoms with Crippen LogP contribution in [0.2, 0.25) is 0 Å². The number of aliphatic hydroxyl groups is 1. The monoisotopic (exact) mass is 310 g/mol. The number of rotatable bonds is 3. The third-order valence-electron chi connectivity index (χ3n) is 3.35. The van der Waals surface area contributed by atoms with Gasteiger partial charge < -0.3 is 10.4 Å². The Bertz CT molecular complexity index is 683. The summed E-state index contributed by atoms with van der Waals surface area (Å²) in [5.41, 5.74) is -1.10. The van der Waals surface area contributed by atoms with Gasteiger partial charge in [-0.15, -0.1) is 0 Å². The van der Waals surface area contributed by atoms with Crippen molar-refractivity contribution < 1.29 is 23.1 Å². The molecule has 4 nitrogen and oxygen atoms in total. The molecule has 1 aliphatic carbocycles. The first-order valence-electron chi connectivity index (χ1n) is 6.56. The number of nitrogens with zero attached hydrogens (tertiary/aromatic N) is 1. The Hall–Kier alpha value is -2.49. The predicted molar refractivity (Wildman–Crippen MR) is 72.8 cm³/mol. The van der Waals surface area contributed by atoms with Crippen molar-refractivity contribution in [2.24, 2.45) is 5.92 Å². The maximum Gasteiger partial charge on any atom is 0.416 e. The van der Waals surface area contributed by atoms with Crippen LogP contribution in [-0.2, 0) is 11.0 Å². The van der Waals surface area contributed by atoms with Crippen molar-refractivity contribution in [3.63, 3.8) is 0 Å². The van der Waals surface area contributed by atoms with Gasteiger partial charge in [0.2, 0.25) is 0 Å². The van der Waals surface area contributed by atoms with Gasteiger partial charge in [0.25, 0.3) is 5.91 Å². The summed E-state index contributed by atoms with van der Waals surface area (Å²) >= 11 is 0. The number of halogens is 3. The molecular formula is C15H13F3N2O2. The van der Waals surface area contributed by atoms with Gasteiger partial charge in [-0.05, 0) is 43.5 Å². The molecule has 0 bridgehead atoms. The molecule has 1 fully saturated rings. The second-order valence-corrected chi connectivity index (χ2v) is 5.13. The number of nitriles is 1. The topological polar surface area (TPSA) is 73.1 Å². The quantitative estimate of drug-likeness (QED) is 0.508. The number of nitrogens with one attached hydrogen (secondary N) is 1. The van der Waals surface area contributed by atoms with Gasteiger partial charge in [0.05, 0.1) is 5.56 Å². The van der Waals surface area contributed by atoms with Crippen LogP contribution < -0.4 is 5.32 Å². The number of hydrogen-bond acceptors (Lipinski definition) is 3. The average molecular weight is 310 g/mol. The van der Waals surface area contributed by atoms with Gasteiger partial charge >= 0.3 is 6.18 Å². The lowest BCUT2D eigenvalue weighted by molar-refractivity contribution is -0.138. The van der Waals surface area contributed by atoms with Gasteiger partial charge in [0, 0.05) is 11.6 Å². The molecule has 0 unspecified atom stereocenters. The van der Waals surface area contributed by atoms with Crippen molar-refractivity contribution in [3.05, 3.63) is 40.7 Å². The Morgan fingerprint density at radius 2 is 2.05 bits per heavy atom. The van der Waals surface area contributed by atoms with Crippen LogP contribution >= 0.6 is 0 Å². The number of hydrogen-bond donors (Lipinski definition) is 2. The average Bonchev–Trinajstić information content (AvgIpc) is 3.21. The van der Waals surface area contributed by atoms with Gasteiger partial charge in [-0.1, -0.05) is 0 Å². The summed E-state index contributed by atoms with van der Waals surface area (Å²) in [6.45, 7) is 1.28. The summed E-state index contributed by atoms with van der Waals surface area (Å²) < 4.78 is 38.0. The Labute approximate surface area is 124 Å². The molecule has 1 aromatic carbocycles. The van der Waals surface area contributed by atoms with E-state index in [1.165, 1.54) is 13.0 Å². The van der Waals surface area contributed by atoms with E-state index in [1.54, 1.807) is 6.07 Å².